The van der Waals surface area contributed by atoms with Crippen LogP contribution in [0.1, 0.15) is 61.5 Å². The van der Waals surface area contributed by atoms with Crippen LogP contribution in [0.25, 0.3) is 0 Å². The average Bonchev–Trinajstić information content (AvgIpc) is 3.38. The third-order valence-corrected chi connectivity index (χ3v) is 10.1. The van der Waals surface area contributed by atoms with E-state index >= 15 is 0 Å². The molecule has 0 unspecified atom stereocenters. The molecule has 4 nitrogen and oxygen atoms in total. The lowest BCUT2D eigenvalue weighted by atomic mass is 9.63. The first kappa shape index (κ1) is 24.6. The molecule has 5 fully saturated rings. The second kappa shape index (κ2) is 10.9. The van der Waals surface area contributed by atoms with Crippen LogP contribution in [0.5, 0.6) is 0 Å². The molecule has 5 aliphatic rings. The van der Waals surface area contributed by atoms with Gasteiger partial charge in [-0.25, -0.2) is 0 Å². The number of likely N-dealkylation sites (tertiary alicyclic amines) is 1. The molecule has 36 heavy (non-hydrogen) atoms. The zero-order valence-corrected chi connectivity index (χ0v) is 22.4. The molecule has 4 saturated heterocycles. The molecule has 0 aromatic heterocycles. The van der Waals surface area contributed by atoms with Gasteiger partial charge >= 0.3 is 0 Å². The molecule has 0 amide bonds. The first-order valence-corrected chi connectivity index (χ1v) is 14.7. The molecular weight excluding hydrogens is 440 g/mol. The van der Waals surface area contributed by atoms with E-state index in [4.69, 9.17) is 0 Å². The third-order valence-electron chi connectivity index (χ3n) is 10.1. The fourth-order valence-corrected chi connectivity index (χ4v) is 8.11. The summed E-state index contributed by atoms with van der Waals surface area (Å²) in [5, 5.41) is 0. The van der Waals surface area contributed by atoms with Gasteiger partial charge in [-0.15, -0.1) is 0 Å². The van der Waals surface area contributed by atoms with Crippen molar-refractivity contribution in [1.29, 1.82) is 0 Å². The molecule has 0 N–H and O–H groups in total. The van der Waals surface area contributed by atoms with Gasteiger partial charge < -0.3 is 9.80 Å². The van der Waals surface area contributed by atoms with Crippen molar-refractivity contribution in [3.63, 3.8) is 0 Å². The van der Waals surface area contributed by atoms with Crippen LogP contribution in [-0.4, -0.2) is 97.1 Å². The summed E-state index contributed by atoms with van der Waals surface area (Å²) in [5.41, 5.74) is 3.48. The van der Waals surface area contributed by atoms with Gasteiger partial charge in [0.25, 0.3) is 0 Å². The van der Waals surface area contributed by atoms with Gasteiger partial charge in [-0.3, -0.25) is 9.80 Å². The molecule has 4 heteroatoms. The normalized spacial score (nSPS) is 32.6. The predicted octanol–water partition coefficient (Wildman–Crippen LogP) is 4.89. The van der Waals surface area contributed by atoms with E-state index in [9.17, 15) is 0 Å². The summed E-state index contributed by atoms with van der Waals surface area (Å²) < 4.78 is 0. The van der Waals surface area contributed by atoms with E-state index in [1.54, 1.807) is 11.1 Å². The Balaban J connectivity index is 1.31. The number of piperazine rings is 1. The fraction of sp³-hybridized carbons (Fsp3) is 0.625. The van der Waals surface area contributed by atoms with Crippen LogP contribution in [0.15, 0.2) is 60.7 Å². The quantitative estimate of drug-likeness (QED) is 0.552. The van der Waals surface area contributed by atoms with E-state index in [0.717, 1.165) is 0 Å². The molecule has 194 valence electrons. The second-order valence-corrected chi connectivity index (χ2v) is 12.1. The van der Waals surface area contributed by atoms with E-state index in [1.807, 2.05) is 0 Å². The van der Waals surface area contributed by atoms with Crippen molar-refractivity contribution in [1.82, 2.24) is 19.6 Å². The Morgan fingerprint density at radius 1 is 0.694 bits per heavy atom. The molecule has 4 aliphatic heterocycles. The number of fused-ring (bicyclic) bond motifs is 4. The summed E-state index contributed by atoms with van der Waals surface area (Å²) in [6.45, 7) is 11.3. The first-order valence-electron chi connectivity index (χ1n) is 14.7. The highest BCUT2D eigenvalue weighted by Crippen LogP contribution is 2.54. The second-order valence-electron chi connectivity index (χ2n) is 12.1. The molecule has 2 bridgehead atoms. The van der Waals surface area contributed by atoms with Gasteiger partial charge in [-0.1, -0.05) is 60.7 Å². The summed E-state index contributed by atoms with van der Waals surface area (Å²) in [4.78, 5) is 11.1. The third kappa shape index (κ3) is 5.03. The maximum absolute atomic E-state index is 2.95. The van der Waals surface area contributed by atoms with Crippen LogP contribution in [0.3, 0.4) is 0 Å². The molecule has 7 rings (SSSR count). The molecule has 2 atom stereocenters. The Hall–Kier alpha value is -1.72. The van der Waals surface area contributed by atoms with Crippen LogP contribution in [-0.2, 0) is 0 Å². The predicted molar refractivity (Wildman–Crippen MR) is 150 cm³/mol. The lowest BCUT2D eigenvalue weighted by Gasteiger charge is -2.52. The summed E-state index contributed by atoms with van der Waals surface area (Å²) in [6, 6.07) is 23.8. The maximum Gasteiger partial charge on any atom is 0.0234 e. The largest absolute Gasteiger partial charge is 0.304 e. The topological polar surface area (TPSA) is 13.0 Å². The summed E-state index contributed by atoms with van der Waals surface area (Å²) in [5.74, 6) is 1.22. The van der Waals surface area contributed by atoms with Crippen molar-refractivity contribution < 1.29 is 0 Å². The SMILES string of the molecule is CN1CCN(CCCN2CCC3(N4CCCC4)C[C@@H](c4ccccc4)C2[C@H](c2ccccc2)C3)CC1. The van der Waals surface area contributed by atoms with E-state index in [2.05, 4.69) is 87.3 Å². The Morgan fingerprint density at radius 2 is 1.28 bits per heavy atom. The number of benzene rings is 2. The van der Waals surface area contributed by atoms with E-state index in [0.29, 0.717) is 23.4 Å². The minimum Gasteiger partial charge on any atom is -0.304 e. The minimum atomic E-state index is 0.347. The maximum atomic E-state index is 2.95. The van der Waals surface area contributed by atoms with Gasteiger partial charge in [0.1, 0.15) is 0 Å². The van der Waals surface area contributed by atoms with Gasteiger partial charge in [0.2, 0.25) is 0 Å². The van der Waals surface area contributed by atoms with Crippen LogP contribution in [0.2, 0.25) is 0 Å². The summed E-state index contributed by atoms with van der Waals surface area (Å²) in [7, 11) is 2.26. The van der Waals surface area contributed by atoms with Crippen molar-refractivity contribution in [2.45, 2.75) is 61.9 Å². The van der Waals surface area contributed by atoms with Crippen molar-refractivity contribution in [2.24, 2.45) is 0 Å². The van der Waals surface area contributed by atoms with E-state index in [1.165, 1.54) is 97.4 Å². The number of nitrogens with zero attached hydrogens (tertiary/aromatic N) is 4. The molecule has 2 aromatic rings. The minimum absolute atomic E-state index is 0.347. The Morgan fingerprint density at radius 3 is 1.86 bits per heavy atom. The molecule has 0 spiro atoms. The van der Waals surface area contributed by atoms with Crippen molar-refractivity contribution >= 4 is 0 Å². The smallest absolute Gasteiger partial charge is 0.0234 e. The lowest BCUT2D eigenvalue weighted by molar-refractivity contribution is 0.0461. The van der Waals surface area contributed by atoms with E-state index < -0.39 is 0 Å². The van der Waals surface area contributed by atoms with Crippen LogP contribution < -0.4 is 0 Å². The number of rotatable bonds is 7. The molecular formula is C32H46N4. The molecule has 1 saturated carbocycles. The van der Waals surface area contributed by atoms with Gasteiger partial charge in [-0.2, -0.15) is 0 Å². The van der Waals surface area contributed by atoms with Gasteiger partial charge in [-0.05, 0) is 82.9 Å². The van der Waals surface area contributed by atoms with Gasteiger partial charge in [0.05, 0.1) is 0 Å². The lowest BCUT2D eigenvalue weighted by Crippen LogP contribution is -2.54. The molecule has 4 heterocycles. The Labute approximate surface area is 219 Å². The Bertz CT molecular complexity index is 899. The van der Waals surface area contributed by atoms with Gasteiger partial charge in [0.15, 0.2) is 0 Å². The zero-order chi connectivity index (χ0) is 24.4. The number of likely N-dealkylation sites (N-methyl/N-ethyl adjacent to an activating group) is 1. The van der Waals surface area contributed by atoms with Crippen molar-refractivity contribution in [2.75, 3.05) is 66.0 Å². The highest BCUT2D eigenvalue weighted by Gasteiger charge is 2.54. The average molecular weight is 487 g/mol. The Kier molecular flexibility index (Phi) is 7.48. The first-order chi connectivity index (χ1) is 17.7. The van der Waals surface area contributed by atoms with Crippen LogP contribution >= 0.6 is 0 Å². The van der Waals surface area contributed by atoms with Crippen molar-refractivity contribution in [3.05, 3.63) is 71.8 Å². The molecule has 1 aliphatic carbocycles. The standard InChI is InChI=1S/C32H46N4/c1-33-21-23-34(24-22-33)16-10-17-35-20-15-32(36-18-8-9-19-36)25-29(27-11-4-2-5-12-27)31(35)30(26-32)28-13-6-3-7-14-28/h2-7,11-14,29-31H,8-10,15-26H2,1H3/t29-,30-,31?,32?/m0/s1. The van der Waals surface area contributed by atoms with Gasteiger partial charge in [0, 0.05) is 56.1 Å². The zero-order valence-electron chi connectivity index (χ0n) is 22.4. The molecule has 0 radical (unpaired) electrons. The fourth-order valence-electron chi connectivity index (χ4n) is 8.11. The van der Waals surface area contributed by atoms with Crippen LogP contribution in [0, 0.1) is 0 Å². The van der Waals surface area contributed by atoms with E-state index in [-0.39, 0.29) is 0 Å². The number of hydrogen-bond donors (Lipinski definition) is 0. The highest BCUT2D eigenvalue weighted by molar-refractivity contribution is 5.32. The van der Waals surface area contributed by atoms with Crippen molar-refractivity contribution in [3.8, 4) is 0 Å². The monoisotopic (exact) mass is 486 g/mol. The van der Waals surface area contributed by atoms with Crippen LogP contribution in [0.4, 0.5) is 0 Å². The molecule has 2 aromatic carbocycles. The summed E-state index contributed by atoms with van der Waals surface area (Å²) >= 11 is 0. The number of hydrogen-bond acceptors (Lipinski definition) is 4. The highest BCUT2D eigenvalue weighted by atomic mass is 15.3. The summed E-state index contributed by atoms with van der Waals surface area (Å²) in [6.07, 6.45) is 8.06.